The van der Waals surface area contributed by atoms with Gasteiger partial charge in [0.25, 0.3) is 0 Å². The quantitative estimate of drug-likeness (QED) is 0.807. The first kappa shape index (κ1) is 16.0. The van der Waals surface area contributed by atoms with Gasteiger partial charge in [-0.25, -0.2) is 4.79 Å². The van der Waals surface area contributed by atoms with Crippen LogP contribution in [0.4, 0.5) is 0 Å². The van der Waals surface area contributed by atoms with Crippen molar-refractivity contribution < 1.29 is 9.53 Å². The van der Waals surface area contributed by atoms with Crippen LogP contribution in [-0.4, -0.2) is 34.7 Å². The average molecular weight is 334 g/mol. The van der Waals surface area contributed by atoms with Crippen LogP contribution < -0.4 is 4.74 Å². The minimum atomic E-state index is -0.507. The van der Waals surface area contributed by atoms with Crippen molar-refractivity contribution in [3.8, 4) is 5.75 Å². The molecule has 1 atom stereocenters. The van der Waals surface area contributed by atoms with Crippen LogP contribution >= 0.6 is 11.6 Å². The Hall–Kier alpha value is -1.85. The first-order chi connectivity index (χ1) is 11.1. The highest BCUT2D eigenvalue weighted by Gasteiger charge is 2.27. The van der Waals surface area contributed by atoms with Gasteiger partial charge in [-0.15, -0.1) is 0 Å². The lowest BCUT2D eigenvalue weighted by atomic mass is 10.1. The molecule has 0 aliphatic carbocycles. The maximum absolute atomic E-state index is 12.7. The minimum Gasteiger partial charge on any atom is -0.421 e. The third-order valence-corrected chi connectivity index (χ3v) is 4.29. The summed E-state index contributed by atoms with van der Waals surface area (Å²) in [7, 11) is 3.70. The predicted octanol–water partition coefficient (Wildman–Crippen LogP) is 3.08. The van der Waals surface area contributed by atoms with Crippen LogP contribution in [0, 0.1) is 0 Å². The van der Waals surface area contributed by atoms with Crippen molar-refractivity contribution in [2.45, 2.75) is 31.8 Å². The number of carbonyl (C=O) groups excluding carboxylic acids is 1. The minimum absolute atomic E-state index is 0.321. The van der Waals surface area contributed by atoms with Crippen molar-refractivity contribution >= 4 is 17.6 Å². The molecule has 2 aromatic rings. The van der Waals surface area contributed by atoms with E-state index >= 15 is 0 Å². The van der Waals surface area contributed by atoms with E-state index < -0.39 is 6.04 Å². The van der Waals surface area contributed by atoms with Crippen LogP contribution in [0.15, 0.2) is 30.5 Å². The molecule has 5 nitrogen and oxygen atoms in total. The Bertz CT molecular complexity index is 712. The SMILES string of the molecule is CN(C)C(C(=O)Oc1cnn2c1CCCC2)c1cccc(Cl)c1. The lowest BCUT2D eigenvalue weighted by Gasteiger charge is -2.23. The van der Waals surface area contributed by atoms with Gasteiger partial charge in [-0.3, -0.25) is 9.58 Å². The highest BCUT2D eigenvalue weighted by atomic mass is 35.5. The number of fused-ring (bicyclic) bond motifs is 1. The predicted molar refractivity (Wildman–Crippen MR) is 88.7 cm³/mol. The monoisotopic (exact) mass is 333 g/mol. The molecule has 3 rings (SSSR count). The zero-order chi connectivity index (χ0) is 16.4. The van der Waals surface area contributed by atoms with Crippen LogP contribution in [0.2, 0.25) is 5.02 Å². The molecule has 23 heavy (non-hydrogen) atoms. The summed E-state index contributed by atoms with van der Waals surface area (Å²) in [4.78, 5) is 14.5. The molecule has 1 aromatic heterocycles. The van der Waals surface area contributed by atoms with Gasteiger partial charge < -0.3 is 4.74 Å². The van der Waals surface area contributed by atoms with Gasteiger partial charge in [0.15, 0.2) is 5.75 Å². The number of halogens is 1. The second kappa shape index (κ2) is 6.72. The van der Waals surface area contributed by atoms with E-state index in [2.05, 4.69) is 5.10 Å². The fourth-order valence-electron chi connectivity index (χ4n) is 2.96. The number of aryl methyl sites for hydroxylation is 1. The Morgan fingerprint density at radius 3 is 2.96 bits per heavy atom. The molecule has 0 amide bonds. The van der Waals surface area contributed by atoms with Crippen molar-refractivity contribution in [1.82, 2.24) is 14.7 Å². The molecule has 1 aliphatic rings. The smallest absolute Gasteiger partial charge is 0.333 e. The van der Waals surface area contributed by atoms with Gasteiger partial charge in [-0.1, -0.05) is 23.7 Å². The van der Waals surface area contributed by atoms with Crippen LogP contribution in [0.3, 0.4) is 0 Å². The second-order valence-corrected chi connectivity index (χ2v) is 6.41. The Kier molecular flexibility index (Phi) is 4.68. The topological polar surface area (TPSA) is 47.4 Å². The molecule has 122 valence electrons. The molecule has 0 fully saturated rings. The number of hydrogen-bond donors (Lipinski definition) is 0. The number of likely N-dealkylation sites (N-methyl/N-ethyl adjacent to an activating group) is 1. The van der Waals surface area contributed by atoms with E-state index in [0.717, 1.165) is 37.1 Å². The number of esters is 1. The average Bonchev–Trinajstić information content (AvgIpc) is 2.90. The maximum Gasteiger partial charge on any atom is 0.333 e. The first-order valence-electron chi connectivity index (χ1n) is 7.74. The van der Waals surface area contributed by atoms with Crippen molar-refractivity contribution in [2.24, 2.45) is 0 Å². The van der Waals surface area contributed by atoms with E-state index in [4.69, 9.17) is 16.3 Å². The summed E-state index contributed by atoms with van der Waals surface area (Å²) in [6.07, 6.45) is 4.75. The van der Waals surface area contributed by atoms with Crippen LogP contribution in [0.25, 0.3) is 0 Å². The Balaban J connectivity index is 1.83. The zero-order valence-electron chi connectivity index (χ0n) is 13.3. The van der Waals surface area contributed by atoms with Crippen molar-refractivity contribution in [3.05, 3.63) is 46.7 Å². The Morgan fingerprint density at radius 2 is 2.22 bits per heavy atom. The fraction of sp³-hybridized carbons (Fsp3) is 0.412. The number of ether oxygens (including phenoxy) is 1. The molecule has 2 heterocycles. The van der Waals surface area contributed by atoms with E-state index in [1.165, 1.54) is 0 Å². The molecule has 0 saturated heterocycles. The van der Waals surface area contributed by atoms with Gasteiger partial charge in [-0.2, -0.15) is 5.10 Å². The first-order valence-corrected chi connectivity index (χ1v) is 8.12. The summed E-state index contributed by atoms with van der Waals surface area (Å²) >= 11 is 6.05. The summed E-state index contributed by atoms with van der Waals surface area (Å²) in [6.45, 7) is 0.887. The molecule has 0 bridgehead atoms. The molecular weight excluding hydrogens is 314 g/mol. The van der Waals surface area contributed by atoms with Gasteiger partial charge in [0.2, 0.25) is 0 Å². The summed E-state index contributed by atoms with van der Waals surface area (Å²) in [5.41, 5.74) is 1.82. The van der Waals surface area contributed by atoms with Crippen LogP contribution in [0.1, 0.15) is 30.1 Å². The highest BCUT2D eigenvalue weighted by molar-refractivity contribution is 6.30. The molecule has 1 aliphatic heterocycles. The van der Waals surface area contributed by atoms with E-state index in [9.17, 15) is 4.79 Å². The summed E-state index contributed by atoms with van der Waals surface area (Å²) in [5, 5.41) is 4.91. The third kappa shape index (κ3) is 3.41. The van der Waals surface area contributed by atoms with Crippen molar-refractivity contribution in [3.63, 3.8) is 0 Å². The highest BCUT2D eigenvalue weighted by Crippen LogP contribution is 2.28. The molecule has 0 radical (unpaired) electrons. The molecule has 1 aromatic carbocycles. The molecule has 0 saturated carbocycles. The van der Waals surface area contributed by atoms with Gasteiger partial charge >= 0.3 is 5.97 Å². The van der Waals surface area contributed by atoms with E-state index in [-0.39, 0.29) is 5.97 Å². The standard InChI is InChI=1S/C17H20ClN3O2/c1-20(2)16(12-6-5-7-13(18)10-12)17(22)23-15-11-19-21-9-4-3-8-14(15)21/h5-7,10-11,16H,3-4,8-9H2,1-2H3. The molecule has 0 spiro atoms. The second-order valence-electron chi connectivity index (χ2n) is 5.98. The summed E-state index contributed by atoms with van der Waals surface area (Å²) < 4.78 is 7.59. The van der Waals surface area contributed by atoms with E-state index in [1.807, 2.05) is 35.8 Å². The van der Waals surface area contributed by atoms with Gasteiger partial charge in [0.05, 0.1) is 11.9 Å². The number of benzene rings is 1. The number of rotatable bonds is 4. The van der Waals surface area contributed by atoms with E-state index in [1.54, 1.807) is 18.3 Å². The van der Waals surface area contributed by atoms with Crippen molar-refractivity contribution in [2.75, 3.05) is 14.1 Å². The number of nitrogens with zero attached hydrogens (tertiary/aromatic N) is 3. The zero-order valence-corrected chi connectivity index (χ0v) is 14.1. The van der Waals surface area contributed by atoms with Gasteiger partial charge in [0.1, 0.15) is 6.04 Å². The van der Waals surface area contributed by atoms with E-state index in [0.29, 0.717) is 10.8 Å². The van der Waals surface area contributed by atoms with Crippen LogP contribution in [-0.2, 0) is 17.8 Å². The molecule has 1 unspecified atom stereocenters. The van der Waals surface area contributed by atoms with Gasteiger partial charge in [0, 0.05) is 11.6 Å². The molecule has 0 N–H and O–H groups in total. The molecule has 6 heteroatoms. The normalized spacial score (nSPS) is 15.3. The van der Waals surface area contributed by atoms with Crippen LogP contribution in [0.5, 0.6) is 5.75 Å². The maximum atomic E-state index is 12.7. The number of aromatic nitrogens is 2. The molecular formula is C17H20ClN3O2. The van der Waals surface area contributed by atoms with Gasteiger partial charge in [-0.05, 0) is 51.1 Å². The lowest BCUT2D eigenvalue weighted by molar-refractivity contribution is -0.139. The Morgan fingerprint density at radius 1 is 1.39 bits per heavy atom. The van der Waals surface area contributed by atoms with Crippen molar-refractivity contribution in [1.29, 1.82) is 0 Å². The summed E-state index contributed by atoms with van der Waals surface area (Å²) in [6, 6.07) is 6.79. The Labute approximate surface area is 140 Å². The third-order valence-electron chi connectivity index (χ3n) is 4.06. The number of carbonyl (C=O) groups is 1. The number of hydrogen-bond acceptors (Lipinski definition) is 4. The lowest BCUT2D eigenvalue weighted by Crippen LogP contribution is -2.31. The summed E-state index contributed by atoms with van der Waals surface area (Å²) in [5.74, 6) is 0.252. The fourth-order valence-corrected chi connectivity index (χ4v) is 3.16. The largest absolute Gasteiger partial charge is 0.421 e.